The van der Waals surface area contributed by atoms with Gasteiger partial charge in [-0.05, 0) is 12.8 Å². The van der Waals surface area contributed by atoms with Crippen LogP contribution in [0, 0.1) is 0 Å². The highest BCUT2D eigenvalue weighted by molar-refractivity contribution is 5.83. The summed E-state index contributed by atoms with van der Waals surface area (Å²) in [5.74, 6) is -1.81. The maximum Gasteiger partial charge on any atom is 0.328 e. The third-order valence-electron chi connectivity index (χ3n) is 1.97. The van der Waals surface area contributed by atoms with Crippen molar-refractivity contribution in [3.8, 4) is 0 Å². The van der Waals surface area contributed by atoms with E-state index in [1.165, 1.54) is 0 Å². The van der Waals surface area contributed by atoms with Crippen molar-refractivity contribution < 1.29 is 30.0 Å². The monoisotopic (exact) mass is 235 g/mol. The van der Waals surface area contributed by atoms with Crippen molar-refractivity contribution in [1.29, 1.82) is 0 Å². The maximum atomic E-state index is 11.2. The molecule has 0 rings (SSSR count). The van der Waals surface area contributed by atoms with Crippen LogP contribution in [0.5, 0.6) is 0 Å². The normalized spacial score (nSPS) is 14.2. The van der Waals surface area contributed by atoms with Crippen LogP contribution in [0.1, 0.15) is 19.3 Å². The van der Waals surface area contributed by atoms with Crippen LogP contribution in [0.15, 0.2) is 0 Å². The minimum Gasteiger partial charge on any atom is -0.480 e. The highest BCUT2D eigenvalue weighted by atomic mass is 16.4. The smallest absolute Gasteiger partial charge is 0.328 e. The number of aliphatic hydroxyl groups excluding tert-OH is 3. The standard InChI is InChI=1S/C9H17NO6/c11-4-6(13)2-1-3-8(14)10-7(5-12)9(15)16/h6-7,11-13H,1-5H2,(H,10,14)(H,15,16)/t6-,7?/m1/s1. The molecule has 16 heavy (non-hydrogen) atoms. The third kappa shape index (κ3) is 6.33. The number of nitrogens with one attached hydrogen (secondary N) is 1. The Kier molecular flexibility index (Phi) is 7.44. The minimum atomic E-state index is -1.30. The molecule has 94 valence electrons. The van der Waals surface area contributed by atoms with Crippen LogP contribution >= 0.6 is 0 Å². The summed E-state index contributed by atoms with van der Waals surface area (Å²) in [5, 5.41) is 36.7. The van der Waals surface area contributed by atoms with Gasteiger partial charge in [0.25, 0.3) is 0 Å². The Morgan fingerprint density at radius 3 is 2.25 bits per heavy atom. The molecule has 1 unspecified atom stereocenters. The summed E-state index contributed by atoms with van der Waals surface area (Å²) >= 11 is 0. The van der Waals surface area contributed by atoms with E-state index in [1.54, 1.807) is 0 Å². The number of carbonyl (C=O) groups is 2. The van der Waals surface area contributed by atoms with Gasteiger partial charge in [-0.2, -0.15) is 0 Å². The topological polar surface area (TPSA) is 127 Å². The van der Waals surface area contributed by atoms with E-state index in [0.29, 0.717) is 6.42 Å². The van der Waals surface area contributed by atoms with Crippen LogP contribution in [0.25, 0.3) is 0 Å². The van der Waals surface area contributed by atoms with Gasteiger partial charge >= 0.3 is 5.97 Å². The van der Waals surface area contributed by atoms with Crippen molar-refractivity contribution in [1.82, 2.24) is 5.32 Å². The molecule has 0 aliphatic carbocycles. The van der Waals surface area contributed by atoms with Crippen LogP contribution in [-0.4, -0.2) is 57.7 Å². The van der Waals surface area contributed by atoms with Gasteiger partial charge in [-0.3, -0.25) is 4.79 Å². The summed E-state index contributed by atoms with van der Waals surface area (Å²) in [6.07, 6.45) is -0.214. The molecular formula is C9H17NO6. The molecule has 5 N–H and O–H groups in total. The molecule has 0 radical (unpaired) electrons. The van der Waals surface area contributed by atoms with E-state index >= 15 is 0 Å². The molecule has 7 nitrogen and oxygen atoms in total. The molecule has 0 aliphatic rings. The molecule has 0 spiro atoms. The molecule has 0 aromatic rings. The van der Waals surface area contributed by atoms with Crippen molar-refractivity contribution in [3.63, 3.8) is 0 Å². The van der Waals surface area contributed by atoms with E-state index in [4.69, 9.17) is 20.4 Å². The molecule has 0 fully saturated rings. The predicted molar refractivity (Wildman–Crippen MR) is 53.6 cm³/mol. The van der Waals surface area contributed by atoms with Gasteiger partial charge in [0.15, 0.2) is 0 Å². The number of aliphatic carboxylic acids is 1. The number of carbonyl (C=O) groups excluding carboxylic acids is 1. The number of hydrogen-bond acceptors (Lipinski definition) is 5. The fourth-order valence-electron chi connectivity index (χ4n) is 1.04. The minimum absolute atomic E-state index is 0.0425. The number of rotatable bonds is 8. The molecule has 0 saturated heterocycles. The molecule has 0 aliphatic heterocycles. The average Bonchev–Trinajstić information content (AvgIpc) is 2.25. The van der Waals surface area contributed by atoms with Crippen LogP contribution in [-0.2, 0) is 9.59 Å². The van der Waals surface area contributed by atoms with Gasteiger partial charge in [0.1, 0.15) is 6.04 Å². The quantitative estimate of drug-likeness (QED) is 0.333. The average molecular weight is 235 g/mol. The van der Waals surface area contributed by atoms with Crippen molar-refractivity contribution in [2.75, 3.05) is 13.2 Å². The summed E-state index contributed by atoms with van der Waals surface area (Å²) < 4.78 is 0. The molecule has 0 aromatic carbocycles. The number of carboxylic acids is 1. The van der Waals surface area contributed by atoms with Gasteiger partial charge in [-0.1, -0.05) is 0 Å². The lowest BCUT2D eigenvalue weighted by Gasteiger charge is -2.12. The van der Waals surface area contributed by atoms with Crippen LogP contribution in [0.4, 0.5) is 0 Å². The van der Waals surface area contributed by atoms with Crippen LogP contribution in [0.2, 0.25) is 0 Å². The lowest BCUT2D eigenvalue weighted by atomic mass is 10.1. The maximum absolute atomic E-state index is 11.2. The lowest BCUT2D eigenvalue weighted by molar-refractivity contribution is -0.143. The Morgan fingerprint density at radius 1 is 1.19 bits per heavy atom. The van der Waals surface area contributed by atoms with Crippen LogP contribution in [0.3, 0.4) is 0 Å². The van der Waals surface area contributed by atoms with Gasteiger partial charge in [-0.15, -0.1) is 0 Å². The Hall–Kier alpha value is -1.18. The van der Waals surface area contributed by atoms with Gasteiger partial charge in [0.2, 0.25) is 5.91 Å². The lowest BCUT2D eigenvalue weighted by Crippen LogP contribution is -2.43. The van der Waals surface area contributed by atoms with Gasteiger partial charge in [0.05, 0.1) is 19.3 Å². The molecule has 7 heteroatoms. The number of carboxylic acid groups (broad SMARTS) is 1. The van der Waals surface area contributed by atoms with Gasteiger partial charge < -0.3 is 25.7 Å². The van der Waals surface area contributed by atoms with E-state index in [1.807, 2.05) is 0 Å². The van der Waals surface area contributed by atoms with E-state index in [2.05, 4.69) is 5.32 Å². The first-order valence-corrected chi connectivity index (χ1v) is 4.93. The van der Waals surface area contributed by atoms with E-state index < -0.39 is 30.6 Å². The molecule has 0 heterocycles. The summed E-state index contributed by atoms with van der Waals surface area (Å²) in [7, 11) is 0. The third-order valence-corrected chi connectivity index (χ3v) is 1.97. The second kappa shape index (κ2) is 8.03. The highest BCUT2D eigenvalue weighted by Crippen LogP contribution is 2.00. The van der Waals surface area contributed by atoms with E-state index in [-0.39, 0.29) is 19.4 Å². The van der Waals surface area contributed by atoms with Crippen molar-refractivity contribution in [2.45, 2.75) is 31.4 Å². The fourth-order valence-corrected chi connectivity index (χ4v) is 1.04. The number of amides is 1. The van der Waals surface area contributed by atoms with E-state index in [9.17, 15) is 9.59 Å². The molecule has 2 atom stereocenters. The van der Waals surface area contributed by atoms with E-state index in [0.717, 1.165) is 0 Å². The second-order valence-electron chi connectivity index (χ2n) is 3.37. The zero-order chi connectivity index (χ0) is 12.6. The summed E-state index contributed by atoms with van der Waals surface area (Å²) in [6.45, 7) is -1.03. The molecular weight excluding hydrogens is 218 g/mol. The molecule has 0 bridgehead atoms. The summed E-state index contributed by atoms with van der Waals surface area (Å²) in [5.41, 5.74) is 0. The zero-order valence-electron chi connectivity index (χ0n) is 8.80. The Labute approximate surface area is 92.7 Å². The second-order valence-corrected chi connectivity index (χ2v) is 3.37. The van der Waals surface area contributed by atoms with Gasteiger partial charge in [0, 0.05) is 6.42 Å². The number of aliphatic hydroxyl groups is 3. The predicted octanol–water partition coefficient (Wildman–Crippen LogP) is -1.93. The molecule has 0 aromatic heterocycles. The Bertz CT molecular complexity index is 232. The van der Waals surface area contributed by atoms with Crippen molar-refractivity contribution in [2.24, 2.45) is 0 Å². The Balaban J connectivity index is 3.77. The first-order chi connectivity index (χ1) is 7.51. The highest BCUT2D eigenvalue weighted by Gasteiger charge is 2.18. The first-order valence-electron chi connectivity index (χ1n) is 4.93. The molecule has 1 amide bonds. The fraction of sp³-hybridized carbons (Fsp3) is 0.778. The SMILES string of the molecule is O=C(CCC[C@@H](O)CO)NC(CO)C(=O)O. The summed E-state index contributed by atoms with van der Waals surface area (Å²) in [6, 6.07) is -1.30. The van der Waals surface area contributed by atoms with Crippen molar-refractivity contribution >= 4 is 11.9 Å². The Morgan fingerprint density at radius 2 is 1.81 bits per heavy atom. The number of hydrogen-bond donors (Lipinski definition) is 5. The molecule has 0 saturated carbocycles. The van der Waals surface area contributed by atoms with Crippen LogP contribution < -0.4 is 5.32 Å². The largest absolute Gasteiger partial charge is 0.480 e. The zero-order valence-corrected chi connectivity index (χ0v) is 8.80. The summed E-state index contributed by atoms with van der Waals surface area (Å²) in [4.78, 5) is 21.6. The van der Waals surface area contributed by atoms with Gasteiger partial charge in [-0.25, -0.2) is 4.79 Å². The first kappa shape index (κ1) is 14.8. The van der Waals surface area contributed by atoms with Crippen molar-refractivity contribution in [3.05, 3.63) is 0 Å².